The Bertz CT molecular complexity index is 1420. The molecular formula is C27H27N5O4S. The van der Waals surface area contributed by atoms with Crippen LogP contribution < -0.4 is 14.9 Å². The lowest BCUT2D eigenvalue weighted by Gasteiger charge is -2.11. The first-order valence-electron chi connectivity index (χ1n) is 11.4. The highest BCUT2D eigenvalue weighted by molar-refractivity contribution is 7.99. The van der Waals surface area contributed by atoms with Gasteiger partial charge in [-0.15, -0.1) is 10.2 Å². The lowest BCUT2D eigenvalue weighted by Crippen LogP contribution is -2.21. The van der Waals surface area contributed by atoms with Gasteiger partial charge in [0.1, 0.15) is 5.75 Å². The third-order valence-corrected chi connectivity index (χ3v) is 6.48. The van der Waals surface area contributed by atoms with Crippen LogP contribution in [-0.2, 0) is 4.79 Å². The van der Waals surface area contributed by atoms with E-state index in [4.69, 9.17) is 9.47 Å². The number of hydrazone groups is 1. The number of ether oxygens (including phenoxy) is 2. The van der Waals surface area contributed by atoms with Crippen LogP contribution in [0.15, 0.2) is 77.0 Å². The average Bonchev–Trinajstić information content (AvgIpc) is 3.35. The van der Waals surface area contributed by atoms with Crippen LogP contribution in [0.3, 0.4) is 0 Å². The molecule has 1 aromatic heterocycles. The maximum absolute atomic E-state index is 12.6. The third kappa shape index (κ3) is 6.10. The Kier molecular flexibility index (Phi) is 8.09. The van der Waals surface area contributed by atoms with Crippen molar-refractivity contribution < 1.29 is 19.4 Å². The summed E-state index contributed by atoms with van der Waals surface area (Å²) in [6.45, 7) is 3.79. The summed E-state index contributed by atoms with van der Waals surface area (Å²) >= 11 is 1.26. The fourth-order valence-corrected chi connectivity index (χ4v) is 4.24. The Morgan fingerprint density at radius 2 is 1.76 bits per heavy atom. The summed E-state index contributed by atoms with van der Waals surface area (Å²) in [5, 5.41) is 23.3. The maximum atomic E-state index is 12.6. The van der Waals surface area contributed by atoms with E-state index in [-0.39, 0.29) is 17.4 Å². The SMILES string of the molecule is COc1ccc(-n2c(SCC(=O)N/N=C(/C)c3ccc(O)c(OC)c3)nnc2-c2ccc(C)cc2)cc1. The minimum atomic E-state index is -0.295. The molecule has 190 valence electrons. The third-order valence-electron chi connectivity index (χ3n) is 5.55. The number of rotatable bonds is 9. The van der Waals surface area contributed by atoms with Crippen LogP contribution in [0.25, 0.3) is 17.1 Å². The van der Waals surface area contributed by atoms with Crippen molar-refractivity contribution in [3.63, 3.8) is 0 Å². The van der Waals surface area contributed by atoms with Crippen LogP contribution in [0.4, 0.5) is 0 Å². The van der Waals surface area contributed by atoms with Crippen molar-refractivity contribution in [1.29, 1.82) is 0 Å². The van der Waals surface area contributed by atoms with Crippen LogP contribution in [0.1, 0.15) is 18.1 Å². The van der Waals surface area contributed by atoms with Crippen molar-refractivity contribution in [2.45, 2.75) is 19.0 Å². The van der Waals surface area contributed by atoms with E-state index < -0.39 is 0 Å². The van der Waals surface area contributed by atoms with E-state index in [9.17, 15) is 9.90 Å². The Hall–Kier alpha value is -4.31. The number of aromatic hydroxyl groups is 1. The number of carbonyl (C=O) groups excluding carboxylic acids is 1. The number of carbonyl (C=O) groups is 1. The highest BCUT2D eigenvalue weighted by Crippen LogP contribution is 2.29. The summed E-state index contributed by atoms with van der Waals surface area (Å²) in [6, 6.07) is 20.5. The van der Waals surface area contributed by atoms with E-state index in [0.717, 1.165) is 22.6 Å². The molecule has 0 aliphatic rings. The second-order valence-corrected chi connectivity index (χ2v) is 9.06. The van der Waals surface area contributed by atoms with Crippen molar-refractivity contribution in [2.24, 2.45) is 5.10 Å². The number of aromatic nitrogens is 3. The number of methoxy groups -OCH3 is 2. The van der Waals surface area contributed by atoms with Gasteiger partial charge in [-0.2, -0.15) is 5.10 Å². The van der Waals surface area contributed by atoms with Gasteiger partial charge in [0.15, 0.2) is 22.5 Å². The van der Waals surface area contributed by atoms with E-state index in [1.807, 2.05) is 60.0 Å². The largest absolute Gasteiger partial charge is 0.504 e. The van der Waals surface area contributed by atoms with Gasteiger partial charge in [0, 0.05) is 16.8 Å². The average molecular weight is 518 g/mol. The number of amides is 1. The predicted molar refractivity (Wildman–Crippen MR) is 144 cm³/mol. The van der Waals surface area contributed by atoms with Crippen molar-refractivity contribution >= 4 is 23.4 Å². The molecule has 0 aliphatic carbocycles. The van der Waals surface area contributed by atoms with E-state index in [2.05, 4.69) is 20.7 Å². The van der Waals surface area contributed by atoms with E-state index in [0.29, 0.717) is 28.0 Å². The van der Waals surface area contributed by atoms with Crippen molar-refractivity contribution in [3.8, 4) is 34.3 Å². The summed E-state index contributed by atoms with van der Waals surface area (Å²) in [7, 11) is 3.09. The topological polar surface area (TPSA) is 111 Å². The molecule has 1 heterocycles. The summed E-state index contributed by atoms with van der Waals surface area (Å²) in [5.41, 5.74) is 6.76. The Morgan fingerprint density at radius 3 is 2.43 bits per heavy atom. The minimum absolute atomic E-state index is 0.0328. The van der Waals surface area contributed by atoms with Gasteiger partial charge in [0.25, 0.3) is 5.91 Å². The lowest BCUT2D eigenvalue weighted by atomic mass is 10.1. The van der Waals surface area contributed by atoms with Gasteiger partial charge in [-0.1, -0.05) is 41.6 Å². The molecule has 3 aromatic carbocycles. The molecule has 0 spiro atoms. The molecule has 0 radical (unpaired) electrons. The second-order valence-electron chi connectivity index (χ2n) is 8.11. The molecular weight excluding hydrogens is 490 g/mol. The Balaban J connectivity index is 1.52. The number of thioether (sulfide) groups is 1. The molecule has 0 fully saturated rings. The number of benzene rings is 3. The van der Waals surface area contributed by atoms with Crippen molar-refractivity contribution in [3.05, 3.63) is 77.9 Å². The van der Waals surface area contributed by atoms with Crippen LogP contribution in [0.5, 0.6) is 17.2 Å². The van der Waals surface area contributed by atoms with Gasteiger partial charge < -0.3 is 14.6 Å². The number of phenolic OH excluding ortho intramolecular Hbond substituents is 1. The maximum Gasteiger partial charge on any atom is 0.250 e. The monoisotopic (exact) mass is 517 g/mol. The molecule has 1 amide bonds. The number of nitrogens with one attached hydrogen (secondary N) is 1. The number of hydrogen-bond acceptors (Lipinski definition) is 8. The number of hydrogen-bond donors (Lipinski definition) is 2. The first-order valence-corrected chi connectivity index (χ1v) is 12.4. The van der Waals surface area contributed by atoms with Crippen LogP contribution in [-0.4, -0.2) is 51.5 Å². The highest BCUT2D eigenvalue weighted by atomic mass is 32.2. The quantitative estimate of drug-likeness (QED) is 0.190. The molecule has 2 N–H and O–H groups in total. The number of nitrogens with zero attached hydrogens (tertiary/aromatic N) is 4. The van der Waals surface area contributed by atoms with Crippen molar-refractivity contribution in [2.75, 3.05) is 20.0 Å². The normalized spacial score (nSPS) is 11.3. The van der Waals surface area contributed by atoms with E-state index in [1.165, 1.54) is 24.9 Å². The molecule has 4 rings (SSSR count). The molecule has 9 nitrogen and oxygen atoms in total. The zero-order valence-corrected chi connectivity index (χ0v) is 21.7. The Labute approximate surface area is 219 Å². The number of aryl methyl sites for hydroxylation is 1. The molecule has 0 unspecified atom stereocenters. The van der Waals surface area contributed by atoms with Gasteiger partial charge in [0.05, 0.1) is 25.7 Å². The summed E-state index contributed by atoms with van der Waals surface area (Å²) < 4.78 is 12.3. The van der Waals surface area contributed by atoms with Crippen LogP contribution in [0, 0.1) is 6.92 Å². The fourth-order valence-electron chi connectivity index (χ4n) is 3.49. The standard InChI is InChI=1S/C27H27N5O4S/c1-17-5-7-19(8-6-17)26-30-31-27(32(26)21-10-12-22(35-3)13-11-21)37-16-25(34)29-28-18(2)20-9-14-23(33)24(15-20)36-4/h5-15,33H,16H2,1-4H3,(H,29,34)/b28-18-. The molecule has 37 heavy (non-hydrogen) atoms. The first-order chi connectivity index (χ1) is 17.9. The lowest BCUT2D eigenvalue weighted by molar-refractivity contribution is -0.118. The van der Waals surface area contributed by atoms with Crippen LogP contribution >= 0.6 is 11.8 Å². The molecule has 4 aromatic rings. The zero-order chi connectivity index (χ0) is 26.4. The summed E-state index contributed by atoms with van der Waals surface area (Å²) in [5.74, 6) is 1.56. The van der Waals surface area contributed by atoms with Gasteiger partial charge >= 0.3 is 0 Å². The predicted octanol–water partition coefficient (Wildman–Crippen LogP) is 4.60. The summed E-state index contributed by atoms with van der Waals surface area (Å²) in [4.78, 5) is 12.6. The van der Waals surface area contributed by atoms with Crippen LogP contribution in [0.2, 0.25) is 0 Å². The van der Waals surface area contributed by atoms with Gasteiger partial charge in [-0.05, 0) is 56.3 Å². The Morgan fingerprint density at radius 1 is 1.03 bits per heavy atom. The molecule has 0 saturated carbocycles. The minimum Gasteiger partial charge on any atom is -0.504 e. The smallest absolute Gasteiger partial charge is 0.250 e. The van der Waals surface area contributed by atoms with Gasteiger partial charge in [-0.25, -0.2) is 5.43 Å². The molecule has 0 atom stereocenters. The fraction of sp³-hybridized carbons (Fsp3) is 0.185. The molecule has 0 saturated heterocycles. The highest BCUT2D eigenvalue weighted by Gasteiger charge is 2.17. The first kappa shape index (κ1) is 25.8. The number of phenols is 1. The van der Waals surface area contributed by atoms with E-state index in [1.54, 1.807) is 26.2 Å². The molecule has 0 bridgehead atoms. The van der Waals surface area contributed by atoms with E-state index >= 15 is 0 Å². The zero-order valence-electron chi connectivity index (χ0n) is 20.9. The molecule has 10 heteroatoms. The summed E-state index contributed by atoms with van der Waals surface area (Å²) in [6.07, 6.45) is 0. The molecule has 0 aliphatic heterocycles. The van der Waals surface area contributed by atoms with Crippen molar-refractivity contribution in [1.82, 2.24) is 20.2 Å². The van der Waals surface area contributed by atoms with Gasteiger partial charge in [0.2, 0.25) is 0 Å². The second kappa shape index (κ2) is 11.6. The van der Waals surface area contributed by atoms with Gasteiger partial charge in [-0.3, -0.25) is 9.36 Å².